The minimum absolute atomic E-state index is 0.239. The molecule has 2 rings (SSSR count). The summed E-state index contributed by atoms with van der Waals surface area (Å²) in [6.07, 6.45) is 1.23. The Hall–Kier alpha value is -2.70. The zero-order valence-corrected chi connectivity index (χ0v) is 11.9. The maximum atomic E-state index is 13.6. The highest BCUT2D eigenvalue weighted by Crippen LogP contribution is 2.12. The minimum atomic E-state index is -0.508. The largest absolute Gasteiger partial charge is 0.497 e. The number of benzene rings is 1. The lowest BCUT2D eigenvalue weighted by Gasteiger charge is -2.02. The summed E-state index contributed by atoms with van der Waals surface area (Å²) in [4.78, 5) is 11.9. The molecule has 110 valence electrons. The van der Waals surface area contributed by atoms with Crippen LogP contribution in [-0.4, -0.2) is 29.0 Å². The highest BCUT2D eigenvalue weighted by atomic mass is 19.1. The monoisotopic (exact) mass is 290 g/mol. The molecule has 1 heterocycles. The number of hydrazone groups is 1. The molecule has 2 aromatic rings. The molecule has 6 nitrogen and oxygen atoms in total. The number of nitrogens with zero attached hydrogens (tertiary/aromatic N) is 3. The number of carbonyl (C=O) groups is 1. The quantitative estimate of drug-likeness (QED) is 0.687. The Balaban J connectivity index is 2.08. The summed E-state index contributed by atoms with van der Waals surface area (Å²) in [6, 6.07) is 6.64. The van der Waals surface area contributed by atoms with Crippen LogP contribution in [0, 0.1) is 12.9 Å². The van der Waals surface area contributed by atoms with E-state index in [2.05, 4.69) is 15.6 Å². The molecule has 0 unspecified atom stereocenters. The Morgan fingerprint density at radius 1 is 1.52 bits per heavy atom. The number of methoxy groups -OCH3 is 1. The van der Waals surface area contributed by atoms with Gasteiger partial charge in [0, 0.05) is 12.6 Å². The van der Waals surface area contributed by atoms with E-state index in [0.29, 0.717) is 17.0 Å². The fraction of sp³-hybridized carbons (Fsp3) is 0.214. The van der Waals surface area contributed by atoms with Crippen molar-refractivity contribution in [3.05, 3.63) is 47.0 Å². The molecule has 0 saturated heterocycles. The van der Waals surface area contributed by atoms with Gasteiger partial charge in [-0.05, 0) is 25.1 Å². The molecule has 1 amide bonds. The molecule has 1 aromatic carbocycles. The zero-order valence-electron chi connectivity index (χ0n) is 11.9. The van der Waals surface area contributed by atoms with Gasteiger partial charge in [0.1, 0.15) is 5.75 Å². The molecule has 1 aromatic heterocycles. The van der Waals surface area contributed by atoms with E-state index in [9.17, 15) is 9.18 Å². The van der Waals surface area contributed by atoms with Crippen LogP contribution in [0.15, 0.2) is 29.4 Å². The number of halogens is 1. The number of hydrogen-bond acceptors (Lipinski definition) is 4. The number of hydrogen-bond donors (Lipinski definition) is 1. The zero-order chi connectivity index (χ0) is 15.4. The molecule has 1 N–H and O–H groups in total. The van der Waals surface area contributed by atoms with Gasteiger partial charge in [0.2, 0.25) is 5.95 Å². The third-order valence-electron chi connectivity index (χ3n) is 2.89. The lowest BCUT2D eigenvalue weighted by molar-refractivity contribution is 0.0954. The predicted octanol–water partition coefficient (Wildman–Crippen LogP) is 1.64. The maximum absolute atomic E-state index is 13.6. The Bertz CT molecular complexity index is 694. The first-order chi connectivity index (χ1) is 10.0. The van der Waals surface area contributed by atoms with Crippen LogP contribution >= 0.6 is 0 Å². The standard InChI is InChI=1S/C14H15FN4O2/c1-9-12(13(15)19(2)18-9)8-16-17-14(20)10-5-4-6-11(7-10)21-3/h4-8H,1-3H3,(H,17,20). The molecular formula is C14H15FN4O2. The van der Waals surface area contributed by atoms with Crippen LogP contribution in [0.4, 0.5) is 4.39 Å². The van der Waals surface area contributed by atoms with Gasteiger partial charge in [-0.15, -0.1) is 0 Å². The molecule has 0 fully saturated rings. The molecule has 7 heteroatoms. The Labute approximate surface area is 121 Å². The van der Waals surface area contributed by atoms with E-state index in [0.717, 1.165) is 4.68 Å². The molecule has 0 aliphatic heterocycles. The number of ether oxygens (including phenoxy) is 1. The first-order valence-corrected chi connectivity index (χ1v) is 6.19. The van der Waals surface area contributed by atoms with Gasteiger partial charge in [-0.2, -0.15) is 14.6 Å². The maximum Gasteiger partial charge on any atom is 0.271 e. The van der Waals surface area contributed by atoms with Crippen LogP contribution in [0.5, 0.6) is 5.75 Å². The van der Waals surface area contributed by atoms with Crippen LogP contribution < -0.4 is 10.2 Å². The Morgan fingerprint density at radius 2 is 2.29 bits per heavy atom. The second kappa shape index (κ2) is 6.17. The summed E-state index contributed by atoms with van der Waals surface area (Å²) in [5.41, 5.74) is 3.47. The highest BCUT2D eigenvalue weighted by Gasteiger charge is 2.11. The molecule has 0 saturated carbocycles. The average Bonchev–Trinajstić information content (AvgIpc) is 2.73. The van der Waals surface area contributed by atoms with Gasteiger partial charge in [-0.25, -0.2) is 10.1 Å². The molecule has 0 bridgehead atoms. The second-order valence-electron chi connectivity index (χ2n) is 4.34. The van der Waals surface area contributed by atoms with E-state index in [1.54, 1.807) is 31.2 Å². The van der Waals surface area contributed by atoms with Crippen molar-refractivity contribution in [3.63, 3.8) is 0 Å². The van der Waals surface area contributed by atoms with Crippen LogP contribution in [-0.2, 0) is 7.05 Å². The van der Waals surface area contributed by atoms with Gasteiger partial charge < -0.3 is 4.74 Å². The highest BCUT2D eigenvalue weighted by molar-refractivity contribution is 5.95. The lowest BCUT2D eigenvalue weighted by atomic mass is 10.2. The van der Waals surface area contributed by atoms with Crippen molar-refractivity contribution in [1.29, 1.82) is 0 Å². The van der Waals surface area contributed by atoms with E-state index in [1.165, 1.54) is 20.4 Å². The third kappa shape index (κ3) is 3.25. The van der Waals surface area contributed by atoms with Gasteiger partial charge >= 0.3 is 0 Å². The first kappa shape index (κ1) is 14.7. The predicted molar refractivity (Wildman–Crippen MR) is 76.0 cm³/mol. The van der Waals surface area contributed by atoms with Gasteiger partial charge in [-0.1, -0.05) is 6.07 Å². The number of aryl methyl sites for hydroxylation is 2. The van der Waals surface area contributed by atoms with E-state index in [4.69, 9.17) is 4.74 Å². The van der Waals surface area contributed by atoms with Gasteiger partial charge in [0.25, 0.3) is 5.91 Å². The van der Waals surface area contributed by atoms with Gasteiger partial charge in [0.15, 0.2) is 0 Å². The van der Waals surface area contributed by atoms with Crippen LogP contribution in [0.1, 0.15) is 21.6 Å². The van der Waals surface area contributed by atoms with E-state index >= 15 is 0 Å². The topological polar surface area (TPSA) is 68.5 Å². The van der Waals surface area contributed by atoms with Crippen LogP contribution in [0.25, 0.3) is 0 Å². The molecule has 0 atom stereocenters. The molecule has 0 radical (unpaired) electrons. The molecular weight excluding hydrogens is 275 g/mol. The molecule has 0 aliphatic rings. The van der Waals surface area contributed by atoms with Crippen molar-refractivity contribution in [1.82, 2.24) is 15.2 Å². The molecule has 0 spiro atoms. The summed E-state index contributed by atoms with van der Waals surface area (Å²) in [5.74, 6) is -0.347. The van der Waals surface area contributed by atoms with Crippen molar-refractivity contribution in [2.24, 2.45) is 12.1 Å². The summed E-state index contributed by atoms with van der Waals surface area (Å²) < 4.78 is 19.8. The van der Waals surface area contributed by atoms with Crippen molar-refractivity contribution in [3.8, 4) is 5.75 Å². The average molecular weight is 290 g/mol. The van der Waals surface area contributed by atoms with Crippen LogP contribution in [0.2, 0.25) is 0 Å². The smallest absolute Gasteiger partial charge is 0.271 e. The first-order valence-electron chi connectivity index (χ1n) is 6.19. The van der Waals surface area contributed by atoms with E-state index in [-0.39, 0.29) is 5.56 Å². The summed E-state index contributed by atoms with van der Waals surface area (Å²) in [7, 11) is 3.01. The number of amides is 1. The van der Waals surface area contributed by atoms with Crippen molar-refractivity contribution in [2.75, 3.05) is 7.11 Å². The molecule has 21 heavy (non-hydrogen) atoms. The van der Waals surface area contributed by atoms with Crippen LogP contribution in [0.3, 0.4) is 0 Å². The number of nitrogens with one attached hydrogen (secondary N) is 1. The number of aromatic nitrogens is 2. The van der Waals surface area contributed by atoms with Gasteiger partial charge in [-0.3, -0.25) is 4.79 Å². The number of carbonyl (C=O) groups excluding carboxylic acids is 1. The minimum Gasteiger partial charge on any atom is -0.497 e. The van der Waals surface area contributed by atoms with Crippen molar-refractivity contribution in [2.45, 2.75) is 6.92 Å². The van der Waals surface area contributed by atoms with Crippen molar-refractivity contribution < 1.29 is 13.9 Å². The lowest BCUT2D eigenvalue weighted by Crippen LogP contribution is -2.17. The Kier molecular flexibility index (Phi) is 4.32. The fourth-order valence-corrected chi connectivity index (χ4v) is 1.78. The normalized spacial score (nSPS) is 10.9. The Morgan fingerprint density at radius 3 is 2.90 bits per heavy atom. The van der Waals surface area contributed by atoms with Crippen molar-refractivity contribution >= 4 is 12.1 Å². The SMILES string of the molecule is COc1cccc(C(=O)NN=Cc2c(C)nn(C)c2F)c1. The summed E-state index contributed by atoms with van der Waals surface area (Å²) >= 11 is 0. The number of rotatable bonds is 4. The second-order valence-corrected chi connectivity index (χ2v) is 4.34. The molecule has 0 aliphatic carbocycles. The third-order valence-corrected chi connectivity index (χ3v) is 2.89. The van der Waals surface area contributed by atoms with E-state index < -0.39 is 11.9 Å². The summed E-state index contributed by atoms with van der Waals surface area (Å²) in [6.45, 7) is 1.66. The van der Waals surface area contributed by atoms with E-state index in [1.807, 2.05) is 0 Å². The fourth-order valence-electron chi connectivity index (χ4n) is 1.78. The summed E-state index contributed by atoms with van der Waals surface area (Å²) in [5, 5.41) is 7.66. The van der Waals surface area contributed by atoms with Gasteiger partial charge in [0.05, 0.1) is 24.6 Å².